The fraction of sp³-hybridized carbons (Fsp3) is 0.185. The number of fused-ring (bicyclic) bond motifs is 1. The second-order valence-corrected chi connectivity index (χ2v) is 10.7. The standard InChI is InChI=1S/C27H25ClN2O6S/c1-18-8-11-22(12-9-18)37(33,34)30-16-20(23-13-10-21(28)15-25(23)30)14-24(26(31)35-2)29-27(32)36-17-19-6-4-3-5-7-19/h3-13,15-16,24H,14,17H2,1-2H3,(H,29,32)/t24-/m0/s1. The Labute approximate surface area is 219 Å². The molecule has 37 heavy (non-hydrogen) atoms. The molecule has 0 fully saturated rings. The molecule has 0 aliphatic heterocycles. The van der Waals surface area contributed by atoms with E-state index in [9.17, 15) is 18.0 Å². The van der Waals surface area contributed by atoms with Gasteiger partial charge in [-0.1, -0.05) is 65.7 Å². The maximum absolute atomic E-state index is 13.5. The van der Waals surface area contributed by atoms with Gasteiger partial charge in [0.1, 0.15) is 12.6 Å². The summed E-state index contributed by atoms with van der Waals surface area (Å²) in [7, 11) is -2.77. The van der Waals surface area contributed by atoms with Crippen LogP contribution in [-0.4, -0.2) is 37.6 Å². The van der Waals surface area contributed by atoms with E-state index < -0.39 is 28.1 Å². The van der Waals surface area contributed by atoms with Crippen LogP contribution in [0.2, 0.25) is 5.02 Å². The highest BCUT2D eigenvalue weighted by Crippen LogP contribution is 2.29. The number of esters is 1. The molecule has 1 amide bonds. The fourth-order valence-electron chi connectivity index (χ4n) is 3.89. The van der Waals surface area contributed by atoms with E-state index in [2.05, 4.69) is 5.32 Å². The Morgan fingerprint density at radius 3 is 2.41 bits per heavy atom. The van der Waals surface area contributed by atoms with Crippen molar-refractivity contribution in [2.75, 3.05) is 7.11 Å². The minimum atomic E-state index is -3.97. The highest BCUT2D eigenvalue weighted by Gasteiger charge is 2.27. The van der Waals surface area contributed by atoms with Gasteiger partial charge in [-0.15, -0.1) is 0 Å². The first-order valence-electron chi connectivity index (χ1n) is 11.4. The first-order valence-corrected chi connectivity index (χ1v) is 13.2. The van der Waals surface area contributed by atoms with Crippen LogP contribution in [0, 0.1) is 6.92 Å². The second-order valence-electron chi connectivity index (χ2n) is 8.42. The van der Waals surface area contributed by atoms with Gasteiger partial charge in [0.05, 0.1) is 17.5 Å². The fourth-order valence-corrected chi connectivity index (χ4v) is 5.44. The number of rotatable bonds is 8. The van der Waals surface area contributed by atoms with Crippen LogP contribution in [0.5, 0.6) is 0 Å². The van der Waals surface area contributed by atoms with Crippen molar-refractivity contribution in [2.24, 2.45) is 0 Å². The first kappa shape index (κ1) is 26.2. The Morgan fingerprint density at radius 1 is 1.03 bits per heavy atom. The molecule has 1 atom stereocenters. The van der Waals surface area contributed by atoms with E-state index in [1.54, 1.807) is 42.5 Å². The third-order valence-corrected chi connectivity index (χ3v) is 7.73. The number of aryl methyl sites for hydroxylation is 1. The molecule has 192 valence electrons. The van der Waals surface area contributed by atoms with E-state index in [0.29, 0.717) is 21.5 Å². The van der Waals surface area contributed by atoms with Crippen LogP contribution in [0.4, 0.5) is 4.79 Å². The molecular formula is C27H25ClN2O6S. The van der Waals surface area contributed by atoms with Crippen molar-refractivity contribution in [1.82, 2.24) is 9.29 Å². The number of halogens is 1. The molecule has 8 nitrogen and oxygen atoms in total. The average Bonchev–Trinajstić information content (AvgIpc) is 3.25. The van der Waals surface area contributed by atoms with Gasteiger partial charge in [-0.2, -0.15) is 0 Å². The number of carbonyl (C=O) groups excluding carboxylic acids is 2. The lowest BCUT2D eigenvalue weighted by atomic mass is 10.1. The molecule has 10 heteroatoms. The molecule has 0 saturated heterocycles. The van der Waals surface area contributed by atoms with Crippen LogP contribution in [0.3, 0.4) is 0 Å². The molecule has 4 rings (SSSR count). The zero-order chi connectivity index (χ0) is 26.6. The predicted molar refractivity (Wildman–Crippen MR) is 140 cm³/mol. The van der Waals surface area contributed by atoms with E-state index in [1.165, 1.54) is 25.4 Å². The Balaban J connectivity index is 1.65. The lowest BCUT2D eigenvalue weighted by molar-refractivity contribution is -0.143. The largest absolute Gasteiger partial charge is 0.467 e. The van der Waals surface area contributed by atoms with Gasteiger partial charge in [0.25, 0.3) is 10.0 Å². The number of alkyl carbamates (subject to hydrolysis) is 1. The molecule has 4 aromatic rings. The van der Waals surface area contributed by atoms with Crippen LogP contribution < -0.4 is 5.32 Å². The van der Waals surface area contributed by atoms with Gasteiger partial charge in [-0.05, 0) is 42.3 Å². The molecule has 3 aromatic carbocycles. The normalized spacial score (nSPS) is 12.2. The molecule has 0 aliphatic carbocycles. The summed E-state index contributed by atoms with van der Waals surface area (Å²) in [5, 5.41) is 3.44. The number of nitrogens with one attached hydrogen (secondary N) is 1. The molecule has 1 aromatic heterocycles. The van der Waals surface area contributed by atoms with Crippen molar-refractivity contribution >= 4 is 44.6 Å². The predicted octanol–water partition coefficient (Wildman–Crippen LogP) is 4.85. The second kappa shape index (κ2) is 11.1. The number of hydrogen-bond donors (Lipinski definition) is 1. The Hall–Kier alpha value is -3.82. The molecule has 0 aliphatic rings. The van der Waals surface area contributed by atoms with Crippen molar-refractivity contribution in [2.45, 2.75) is 30.9 Å². The molecule has 0 bridgehead atoms. The number of hydrogen-bond acceptors (Lipinski definition) is 6. The van der Waals surface area contributed by atoms with Crippen LogP contribution in [0.25, 0.3) is 10.9 Å². The molecule has 0 radical (unpaired) electrons. The van der Waals surface area contributed by atoms with E-state index in [1.807, 2.05) is 25.1 Å². The number of ether oxygens (including phenoxy) is 2. The summed E-state index contributed by atoms with van der Waals surface area (Å²) in [6, 6.07) is 19.3. The van der Waals surface area contributed by atoms with E-state index in [0.717, 1.165) is 15.1 Å². The Kier molecular flexibility index (Phi) is 7.85. The lowest BCUT2D eigenvalue weighted by Gasteiger charge is -2.16. The maximum Gasteiger partial charge on any atom is 0.408 e. The Morgan fingerprint density at radius 2 is 1.73 bits per heavy atom. The van der Waals surface area contributed by atoms with Crippen molar-refractivity contribution in [3.05, 3.63) is 101 Å². The third kappa shape index (κ3) is 5.95. The van der Waals surface area contributed by atoms with Gasteiger partial charge in [-0.25, -0.2) is 22.0 Å². The summed E-state index contributed by atoms with van der Waals surface area (Å²) >= 11 is 6.19. The number of aromatic nitrogens is 1. The van der Waals surface area contributed by atoms with Gasteiger partial charge in [0.2, 0.25) is 0 Å². The SMILES string of the molecule is COC(=O)[C@H](Cc1cn(S(=O)(=O)c2ccc(C)cc2)c2cc(Cl)ccc12)NC(=O)OCc1ccccc1. The molecule has 0 unspecified atom stereocenters. The van der Waals surface area contributed by atoms with Crippen molar-refractivity contribution in [1.29, 1.82) is 0 Å². The van der Waals surface area contributed by atoms with Crippen molar-refractivity contribution in [3.63, 3.8) is 0 Å². The minimum absolute atomic E-state index is 0.0210. The maximum atomic E-state index is 13.5. The van der Waals surface area contributed by atoms with Gasteiger partial charge in [0.15, 0.2) is 0 Å². The number of carbonyl (C=O) groups is 2. The van der Waals surface area contributed by atoms with Crippen LogP contribution >= 0.6 is 11.6 Å². The summed E-state index contributed by atoms with van der Waals surface area (Å²) in [5.74, 6) is -0.701. The van der Waals surface area contributed by atoms with E-state index in [-0.39, 0.29) is 17.9 Å². The Bertz CT molecular complexity index is 1530. The summed E-state index contributed by atoms with van der Waals surface area (Å²) in [4.78, 5) is 25.1. The number of benzene rings is 3. The molecule has 1 N–H and O–H groups in total. The van der Waals surface area contributed by atoms with E-state index >= 15 is 0 Å². The lowest BCUT2D eigenvalue weighted by Crippen LogP contribution is -2.43. The monoisotopic (exact) mass is 540 g/mol. The summed E-state index contributed by atoms with van der Waals surface area (Å²) < 4.78 is 38.3. The van der Waals surface area contributed by atoms with E-state index in [4.69, 9.17) is 21.1 Å². The molecule has 1 heterocycles. The number of nitrogens with zero attached hydrogens (tertiary/aromatic N) is 1. The summed E-state index contributed by atoms with van der Waals surface area (Å²) in [6.45, 7) is 1.89. The van der Waals surface area contributed by atoms with Crippen LogP contribution in [-0.2, 0) is 37.3 Å². The smallest absolute Gasteiger partial charge is 0.408 e. The third-order valence-electron chi connectivity index (χ3n) is 5.81. The highest BCUT2D eigenvalue weighted by molar-refractivity contribution is 7.90. The van der Waals surface area contributed by atoms with Gasteiger partial charge < -0.3 is 14.8 Å². The highest BCUT2D eigenvalue weighted by atomic mass is 35.5. The average molecular weight is 541 g/mol. The summed E-state index contributed by atoms with van der Waals surface area (Å²) in [6.07, 6.45) is 0.587. The first-order chi connectivity index (χ1) is 17.7. The van der Waals surface area contributed by atoms with Crippen molar-refractivity contribution < 1.29 is 27.5 Å². The van der Waals surface area contributed by atoms with Gasteiger partial charge in [0, 0.05) is 23.0 Å². The molecule has 0 spiro atoms. The number of methoxy groups -OCH3 is 1. The quantitative estimate of drug-likeness (QED) is 0.320. The minimum Gasteiger partial charge on any atom is -0.467 e. The zero-order valence-electron chi connectivity index (χ0n) is 20.2. The van der Waals surface area contributed by atoms with Crippen LogP contribution in [0.1, 0.15) is 16.7 Å². The molecular weight excluding hydrogens is 516 g/mol. The molecule has 0 saturated carbocycles. The number of amides is 1. The summed E-state index contributed by atoms with van der Waals surface area (Å²) in [5.41, 5.74) is 2.55. The van der Waals surface area contributed by atoms with Gasteiger partial charge in [-0.3, -0.25) is 0 Å². The zero-order valence-corrected chi connectivity index (χ0v) is 21.8. The topological polar surface area (TPSA) is 104 Å². The van der Waals surface area contributed by atoms with Crippen LogP contribution in [0.15, 0.2) is 83.9 Å². The van der Waals surface area contributed by atoms with Gasteiger partial charge >= 0.3 is 12.1 Å². The van der Waals surface area contributed by atoms with Crippen molar-refractivity contribution in [3.8, 4) is 0 Å².